The lowest BCUT2D eigenvalue weighted by Gasteiger charge is -2.09. The number of hydrogen-bond acceptors (Lipinski definition) is 4. The second kappa shape index (κ2) is 5.62. The lowest BCUT2D eigenvalue weighted by Crippen LogP contribution is -2.31. The van der Waals surface area contributed by atoms with Gasteiger partial charge in [0.2, 0.25) is 10.0 Å². The predicted molar refractivity (Wildman–Crippen MR) is 60.0 cm³/mol. The first-order valence-electron chi connectivity index (χ1n) is 4.60. The summed E-state index contributed by atoms with van der Waals surface area (Å²) in [7, 11) is -2.04. The van der Waals surface area contributed by atoms with Crippen molar-refractivity contribution in [2.75, 3.05) is 20.3 Å². The number of rotatable bonds is 6. The molecule has 1 unspecified atom stereocenters. The normalized spacial score (nSPS) is 13.9. The molecule has 8 heteroatoms. The van der Waals surface area contributed by atoms with E-state index in [1.54, 1.807) is 6.92 Å². The van der Waals surface area contributed by atoms with E-state index in [9.17, 15) is 8.42 Å². The van der Waals surface area contributed by atoms with Crippen LogP contribution in [0.1, 0.15) is 5.69 Å². The Kier molecular flexibility index (Phi) is 4.72. The number of nitrogens with zero attached hydrogens (tertiary/aromatic N) is 1. The number of aryl methyl sites for hydroxylation is 1. The molecule has 2 N–H and O–H groups in total. The van der Waals surface area contributed by atoms with E-state index in [4.69, 9.17) is 16.3 Å². The van der Waals surface area contributed by atoms with E-state index in [0.717, 1.165) is 0 Å². The molecule has 0 aromatic carbocycles. The summed E-state index contributed by atoms with van der Waals surface area (Å²) in [6.07, 6.45) is 1.26. The second-order valence-corrected chi connectivity index (χ2v) is 5.62. The zero-order valence-electron chi connectivity index (χ0n) is 9.03. The zero-order chi connectivity index (χ0) is 12.2. The van der Waals surface area contributed by atoms with Crippen molar-refractivity contribution in [1.29, 1.82) is 0 Å². The van der Waals surface area contributed by atoms with E-state index >= 15 is 0 Å². The molecule has 1 aromatic heterocycles. The average molecular weight is 268 g/mol. The molecule has 0 bridgehead atoms. The number of ether oxygens (including phenoxy) is 1. The maximum absolute atomic E-state index is 11.8. The monoisotopic (exact) mass is 267 g/mol. The molecule has 0 aliphatic heterocycles. The van der Waals surface area contributed by atoms with Gasteiger partial charge in [-0.1, -0.05) is 0 Å². The molecular weight excluding hydrogens is 254 g/mol. The molecule has 16 heavy (non-hydrogen) atoms. The Morgan fingerprint density at radius 3 is 2.88 bits per heavy atom. The van der Waals surface area contributed by atoms with Crippen LogP contribution in [0.4, 0.5) is 0 Å². The summed E-state index contributed by atoms with van der Waals surface area (Å²) < 4.78 is 30.7. The number of halogens is 1. The zero-order valence-corrected chi connectivity index (χ0v) is 10.6. The van der Waals surface area contributed by atoms with Gasteiger partial charge in [0.25, 0.3) is 0 Å². The molecule has 92 valence electrons. The van der Waals surface area contributed by atoms with Crippen molar-refractivity contribution >= 4 is 21.6 Å². The molecule has 1 atom stereocenters. The van der Waals surface area contributed by atoms with Crippen molar-refractivity contribution < 1.29 is 13.2 Å². The Labute approximate surface area is 99.4 Å². The lowest BCUT2D eigenvalue weighted by molar-refractivity contribution is 0.198. The highest BCUT2D eigenvalue weighted by atomic mass is 35.5. The molecule has 6 nitrogen and oxygen atoms in total. The topological polar surface area (TPSA) is 84.1 Å². The Morgan fingerprint density at radius 2 is 2.38 bits per heavy atom. The average Bonchev–Trinajstić information content (AvgIpc) is 2.63. The minimum atomic E-state index is -3.54. The summed E-state index contributed by atoms with van der Waals surface area (Å²) in [5.41, 5.74) is 0.491. The number of hydrogen-bond donors (Lipinski definition) is 2. The lowest BCUT2D eigenvalue weighted by atomic mass is 10.5. The van der Waals surface area contributed by atoms with Gasteiger partial charge in [0.15, 0.2) is 0 Å². The number of H-pyrrole nitrogens is 1. The quantitative estimate of drug-likeness (QED) is 0.724. The fourth-order valence-corrected chi connectivity index (χ4v) is 2.64. The van der Waals surface area contributed by atoms with Crippen molar-refractivity contribution in [3.8, 4) is 0 Å². The number of methoxy groups -OCH3 is 1. The van der Waals surface area contributed by atoms with Gasteiger partial charge < -0.3 is 4.74 Å². The Bertz CT molecular complexity index is 431. The van der Waals surface area contributed by atoms with Crippen LogP contribution in [0.25, 0.3) is 0 Å². The molecule has 0 radical (unpaired) electrons. The van der Waals surface area contributed by atoms with Crippen LogP contribution in [-0.4, -0.2) is 44.3 Å². The third-order valence-electron chi connectivity index (χ3n) is 1.92. The van der Waals surface area contributed by atoms with Gasteiger partial charge in [0, 0.05) is 13.7 Å². The Morgan fingerprint density at radius 1 is 1.69 bits per heavy atom. The van der Waals surface area contributed by atoms with E-state index < -0.39 is 15.4 Å². The SMILES string of the molecule is COCC(Cl)CNS(=O)(=O)c1cn[nH]c1C. The van der Waals surface area contributed by atoms with Crippen molar-refractivity contribution in [2.24, 2.45) is 0 Å². The summed E-state index contributed by atoms with van der Waals surface area (Å²) in [6, 6.07) is 0. The van der Waals surface area contributed by atoms with Gasteiger partial charge in [-0.05, 0) is 6.92 Å². The fourth-order valence-electron chi connectivity index (χ4n) is 1.13. The van der Waals surface area contributed by atoms with Crippen LogP contribution in [0.2, 0.25) is 0 Å². The van der Waals surface area contributed by atoms with Gasteiger partial charge in [-0.2, -0.15) is 5.10 Å². The summed E-state index contributed by atoms with van der Waals surface area (Å²) in [5.74, 6) is 0. The first-order chi connectivity index (χ1) is 7.47. The van der Waals surface area contributed by atoms with Crippen LogP contribution in [0.3, 0.4) is 0 Å². The van der Waals surface area contributed by atoms with Gasteiger partial charge in [-0.3, -0.25) is 5.10 Å². The second-order valence-electron chi connectivity index (χ2n) is 3.26. The number of nitrogens with one attached hydrogen (secondary N) is 2. The number of alkyl halides is 1. The van der Waals surface area contributed by atoms with E-state index in [-0.39, 0.29) is 18.0 Å². The molecule has 0 spiro atoms. The van der Waals surface area contributed by atoms with Crippen LogP contribution in [0.15, 0.2) is 11.1 Å². The molecule has 0 aliphatic carbocycles. The van der Waals surface area contributed by atoms with Gasteiger partial charge in [-0.25, -0.2) is 13.1 Å². The molecule has 0 amide bonds. The molecule has 0 saturated carbocycles. The van der Waals surface area contributed by atoms with Gasteiger partial charge in [0.05, 0.1) is 23.9 Å². The molecule has 1 heterocycles. The van der Waals surface area contributed by atoms with E-state index in [0.29, 0.717) is 5.69 Å². The van der Waals surface area contributed by atoms with Gasteiger partial charge in [-0.15, -0.1) is 11.6 Å². The molecule has 1 aromatic rings. The number of sulfonamides is 1. The summed E-state index contributed by atoms with van der Waals surface area (Å²) in [5, 5.41) is 5.81. The third-order valence-corrected chi connectivity index (χ3v) is 3.73. The molecule has 1 rings (SSSR count). The highest BCUT2D eigenvalue weighted by molar-refractivity contribution is 7.89. The number of aromatic nitrogens is 2. The van der Waals surface area contributed by atoms with Crippen LogP contribution in [-0.2, 0) is 14.8 Å². The summed E-state index contributed by atoms with van der Waals surface area (Å²) in [6.45, 7) is 2.03. The highest BCUT2D eigenvalue weighted by Crippen LogP contribution is 2.10. The molecule has 0 aliphatic rings. The Hall–Kier alpha value is -0.630. The predicted octanol–water partition coefficient (Wildman–Crippen LogP) is 0.250. The van der Waals surface area contributed by atoms with E-state index in [2.05, 4.69) is 14.9 Å². The highest BCUT2D eigenvalue weighted by Gasteiger charge is 2.19. The van der Waals surface area contributed by atoms with Crippen LogP contribution in [0.5, 0.6) is 0 Å². The van der Waals surface area contributed by atoms with Crippen LogP contribution in [0, 0.1) is 6.92 Å². The van der Waals surface area contributed by atoms with E-state index in [1.807, 2.05) is 0 Å². The summed E-state index contributed by atoms with van der Waals surface area (Å²) in [4.78, 5) is 0.133. The van der Waals surface area contributed by atoms with Crippen LogP contribution >= 0.6 is 11.6 Å². The minimum absolute atomic E-state index is 0.113. The maximum Gasteiger partial charge on any atom is 0.244 e. The molecule has 0 fully saturated rings. The molecular formula is C8H14ClN3O3S. The van der Waals surface area contributed by atoms with Crippen molar-refractivity contribution in [1.82, 2.24) is 14.9 Å². The van der Waals surface area contributed by atoms with Crippen molar-refractivity contribution in [3.05, 3.63) is 11.9 Å². The van der Waals surface area contributed by atoms with Crippen molar-refractivity contribution in [3.63, 3.8) is 0 Å². The maximum atomic E-state index is 11.8. The van der Waals surface area contributed by atoms with Gasteiger partial charge >= 0.3 is 0 Å². The largest absolute Gasteiger partial charge is 0.383 e. The van der Waals surface area contributed by atoms with Crippen LogP contribution < -0.4 is 4.72 Å². The van der Waals surface area contributed by atoms with E-state index in [1.165, 1.54) is 13.3 Å². The summed E-state index contributed by atoms with van der Waals surface area (Å²) >= 11 is 5.81. The smallest absolute Gasteiger partial charge is 0.244 e. The standard InChI is InChI=1S/C8H14ClN3O3S/c1-6-8(4-10-12-6)16(13,14)11-3-7(9)5-15-2/h4,7,11H,3,5H2,1-2H3,(H,10,12). The van der Waals surface area contributed by atoms with Crippen molar-refractivity contribution in [2.45, 2.75) is 17.2 Å². The Balaban J connectivity index is 2.63. The third kappa shape index (κ3) is 3.44. The minimum Gasteiger partial charge on any atom is -0.383 e. The van der Waals surface area contributed by atoms with Gasteiger partial charge in [0.1, 0.15) is 4.90 Å². The fraction of sp³-hybridized carbons (Fsp3) is 0.625. The number of aromatic amines is 1. The first kappa shape index (κ1) is 13.4. The first-order valence-corrected chi connectivity index (χ1v) is 6.52. The molecule has 0 saturated heterocycles.